The van der Waals surface area contributed by atoms with Gasteiger partial charge in [0.2, 0.25) is 0 Å². The normalized spacial score (nSPS) is 22.1. The monoisotopic (exact) mass is 535 g/mol. The molecule has 4 unspecified atom stereocenters. The molecule has 2 heterocycles. The van der Waals surface area contributed by atoms with Gasteiger partial charge >= 0.3 is 5.97 Å². The lowest BCUT2D eigenvalue weighted by atomic mass is 9.92. The Kier molecular flexibility index (Phi) is 12.3. The smallest absolute Gasteiger partial charge is 0.327 e. The number of rotatable bonds is 13. The molecule has 2 aliphatic rings. The van der Waals surface area contributed by atoms with Gasteiger partial charge in [0.1, 0.15) is 6.23 Å². The third-order valence-corrected chi connectivity index (χ3v) is 7.29. The van der Waals surface area contributed by atoms with E-state index in [0.717, 1.165) is 41.0 Å². The van der Waals surface area contributed by atoms with Crippen LogP contribution in [0.3, 0.4) is 0 Å². The highest BCUT2D eigenvalue weighted by molar-refractivity contribution is 6.10. The Hall–Kier alpha value is -2.84. The number of carbonyl (C=O) groups is 1. The minimum absolute atomic E-state index is 0.0126. The van der Waals surface area contributed by atoms with E-state index >= 15 is 0 Å². The summed E-state index contributed by atoms with van der Waals surface area (Å²) in [6, 6.07) is 16.0. The molecule has 0 radical (unpaired) electrons. The van der Waals surface area contributed by atoms with Crippen LogP contribution in [-0.2, 0) is 14.3 Å². The first-order chi connectivity index (χ1) is 18.8. The maximum Gasteiger partial charge on any atom is 0.327 e. The number of nitrogens with one attached hydrogen (secondary N) is 1. The standard InChI is InChI=1S/C19H21N3O2.C13H24O2/c20-16-10-23-18(16)14-7-5-13(6-8-14)17(21)12-3-1-11(2-4-12)15-9-24-19(15)22;1-12(2)10-8-6-4-3-5-7-9-11-13(14)15/h1-8,15-16,18-19,21H,9-10,20,22H2;9,11-12H,3-8,10H2,1-2H3,(H,14,15)/b;11-9-. The van der Waals surface area contributed by atoms with Crippen molar-refractivity contribution in [2.75, 3.05) is 13.2 Å². The molecule has 7 heteroatoms. The molecule has 0 saturated carbocycles. The Morgan fingerprint density at radius 1 is 0.923 bits per heavy atom. The van der Waals surface area contributed by atoms with Gasteiger partial charge in [0.25, 0.3) is 0 Å². The van der Waals surface area contributed by atoms with Crippen molar-refractivity contribution in [2.24, 2.45) is 17.4 Å². The van der Waals surface area contributed by atoms with Crippen LogP contribution in [0, 0.1) is 11.3 Å². The van der Waals surface area contributed by atoms with Gasteiger partial charge < -0.3 is 26.0 Å². The fraction of sp³-hybridized carbons (Fsp3) is 0.500. The Morgan fingerprint density at radius 3 is 1.97 bits per heavy atom. The van der Waals surface area contributed by atoms with E-state index in [1.807, 2.05) is 48.5 Å². The predicted molar refractivity (Wildman–Crippen MR) is 156 cm³/mol. The molecule has 2 aromatic rings. The molecule has 4 rings (SSSR count). The number of unbranched alkanes of at least 4 members (excludes halogenated alkanes) is 5. The molecule has 0 aliphatic carbocycles. The molecular weight excluding hydrogens is 490 g/mol. The second-order valence-corrected chi connectivity index (χ2v) is 10.9. The molecule has 2 aromatic carbocycles. The fourth-order valence-electron chi connectivity index (χ4n) is 4.67. The molecule has 6 N–H and O–H groups in total. The number of hydrogen-bond donors (Lipinski definition) is 4. The topological polar surface area (TPSA) is 132 Å². The lowest BCUT2D eigenvalue weighted by Gasteiger charge is -2.34. The molecule has 2 aliphatic heterocycles. The lowest BCUT2D eigenvalue weighted by molar-refractivity contribution is -0.131. The number of nitrogens with two attached hydrogens (primary N) is 2. The number of carboxylic acid groups (broad SMARTS) is 1. The van der Waals surface area contributed by atoms with E-state index in [9.17, 15) is 4.79 Å². The number of allylic oxidation sites excluding steroid dienone is 1. The zero-order valence-corrected chi connectivity index (χ0v) is 23.4. The van der Waals surface area contributed by atoms with Gasteiger partial charge in [-0.1, -0.05) is 101 Å². The van der Waals surface area contributed by atoms with Crippen LogP contribution in [0.15, 0.2) is 60.7 Å². The highest BCUT2D eigenvalue weighted by Gasteiger charge is 2.31. The van der Waals surface area contributed by atoms with Crippen molar-refractivity contribution in [3.05, 3.63) is 82.9 Å². The largest absolute Gasteiger partial charge is 0.478 e. The Morgan fingerprint density at radius 2 is 1.51 bits per heavy atom. The van der Waals surface area contributed by atoms with Crippen molar-refractivity contribution in [3.63, 3.8) is 0 Å². The van der Waals surface area contributed by atoms with Crippen LogP contribution < -0.4 is 11.5 Å². The van der Waals surface area contributed by atoms with Crippen molar-refractivity contribution in [2.45, 2.75) is 83.1 Å². The Bertz CT molecular complexity index is 1000. The highest BCUT2D eigenvalue weighted by atomic mass is 16.5. The van der Waals surface area contributed by atoms with Crippen LogP contribution in [0.2, 0.25) is 0 Å². The van der Waals surface area contributed by atoms with Gasteiger partial charge in [-0.25, -0.2) is 4.79 Å². The third kappa shape index (κ3) is 9.69. The number of hydrogen-bond acceptors (Lipinski definition) is 6. The second kappa shape index (κ2) is 15.7. The SMILES string of the molecule is CC(C)CCCCCCC/C=C\C(=O)O.N=C(c1ccc(C2COC2N)cc1)c1ccc(C2OCC2N)cc1. The first kappa shape index (κ1) is 30.7. The maximum absolute atomic E-state index is 10.2. The van der Waals surface area contributed by atoms with Crippen LogP contribution in [0.5, 0.6) is 0 Å². The summed E-state index contributed by atoms with van der Waals surface area (Å²) in [4.78, 5) is 10.2. The van der Waals surface area contributed by atoms with Crippen molar-refractivity contribution < 1.29 is 19.4 Å². The van der Waals surface area contributed by atoms with Gasteiger partial charge in [-0.15, -0.1) is 0 Å². The number of benzene rings is 2. The van der Waals surface area contributed by atoms with E-state index in [2.05, 4.69) is 13.8 Å². The molecule has 0 spiro atoms. The summed E-state index contributed by atoms with van der Waals surface area (Å²) in [7, 11) is 0. The van der Waals surface area contributed by atoms with Crippen LogP contribution in [0.1, 0.15) is 93.1 Å². The van der Waals surface area contributed by atoms with Crippen molar-refractivity contribution in [1.29, 1.82) is 5.41 Å². The average molecular weight is 536 g/mol. The summed E-state index contributed by atoms with van der Waals surface area (Å²) in [5.41, 5.74) is 16.2. The molecule has 2 fully saturated rings. The number of ether oxygens (including phenoxy) is 2. The van der Waals surface area contributed by atoms with Crippen LogP contribution in [0.25, 0.3) is 0 Å². The molecule has 2 saturated heterocycles. The molecular formula is C32H45N3O4. The molecule has 0 aromatic heterocycles. The van der Waals surface area contributed by atoms with Crippen LogP contribution in [-0.4, -0.2) is 42.3 Å². The van der Waals surface area contributed by atoms with Crippen molar-refractivity contribution in [1.82, 2.24) is 0 Å². The first-order valence-electron chi connectivity index (χ1n) is 14.2. The summed E-state index contributed by atoms with van der Waals surface area (Å²) in [5, 5.41) is 16.8. The highest BCUT2D eigenvalue weighted by Crippen LogP contribution is 2.30. The van der Waals surface area contributed by atoms with Gasteiger partial charge in [-0.3, -0.25) is 5.41 Å². The summed E-state index contributed by atoms with van der Waals surface area (Å²) >= 11 is 0. The van der Waals surface area contributed by atoms with E-state index in [1.54, 1.807) is 6.08 Å². The molecule has 7 nitrogen and oxygen atoms in total. The van der Waals surface area contributed by atoms with E-state index < -0.39 is 5.97 Å². The van der Waals surface area contributed by atoms with E-state index in [4.69, 9.17) is 31.5 Å². The predicted octanol–water partition coefficient (Wildman–Crippen LogP) is 5.91. The summed E-state index contributed by atoms with van der Waals surface area (Å²) in [6.45, 7) is 5.81. The molecule has 4 atom stereocenters. The number of aliphatic carboxylic acids is 1. The summed E-state index contributed by atoms with van der Waals surface area (Å²) < 4.78 is 10.7. The molecule has 0 bridgehead atoms. The molecule has 0 amide bonds. The van der Waals surface area contributed by atoms with Gasteiger partial charge in [0.15, 0.2) is 0 Å². The van der Waals surface area contributed by atoms with Crippen molar-refractivity contribution >= 4 is 11.7 Å². The van der Waals surface area contributed by atoms with Gasteiger partial charge in [0, 0.05) is 23.1 Å². The van der Waals surface area contributed by atoms with Gasteiger partial charge in [-0.2, -0.15) is 0 Å². The van der Waals surface area contributed by atoms with Gasteiger partial charge in [0.05, 0.1) is 31.1 Å². The van der Waals surface area contributed by atoms with Crippen molar-refractivity contribution in [3.8, 4) is 0 Å². The van der Waals surface area contributed by atoms with Crippen LogP contribution in [0.4, 0.5) is 0 Å². The maximum atomic E-state index is 10.2. The molecule has 212 valence electrons. The summed E-state index contributed by atoms with van der Waals surface area (Å²) in [5.74, 6) is 0.245. The zero-order chi connectivity index (χ0) is 28.2. The van der Waals surface area contributed by atoms with E-state index in [1.165, 1.54) is 38.2 Å². The lowest BCUT2D eigenvalue weighted by Crippen LogP contribution is -2.44. The Labute approximate surface area is 233 Å². The number of carboxylic acids is 1. The quantitative estimate of drug-likeness (QED) is 0.143. The Balaban J connectivity index is 0.000000244. The minimum atomic E-state index is -0.841. The second-order valence-electron chi connectivity index (χ2n) is 10.9. The minimum Gasteiger partial charge on any atom is -0.478 e. The van der Waals surface area contributed by atoms with Crippen LogP contribution >= 0.6 is 0 Å². The fourth-order valence-corrected chi connectivity index (χ4v) is 4.67. The van der Waals surface area contributed by atoms with E-state index in [0.29, 0.717) is 18.9 Å². The third-order valence-electron chi connectivity index (χ3n) is 7.29. The van der Waals surface area contributed by atoms with E-state index in [-0.39, 0.29) is 24.3 Å². The zero-order valence-electron chi connectivity index (χ0n) is 23.4. The molecule has 39 heavy (non-hydrogen) atoms. The first-order valence-corrected chi connectivity index (χ1v) is 14.2. The average Bonchev–Trinajstić information content (AvgIpc) is 2.91. The summed E-state index contributed by atoms with van der Waals surface area (Å²) in [6.07, 6.45) is 11.3. The van der Waals surface area contributed by atoms with Gasteiger partial charge in [-0.05, 0) is 29.9 Å².